The van der Waals surface area contributed by atoms with Crippen LogP contribution in [0, 0.1) is 6.92 Å². The fourth-order valence-electron chi connectivity index (χ4n) is 2.54. The van der Waals surface area contributed by atoms with Crippen LogP contribution >= 0.6 is 0 Å². The lowest BCUT2D eigenvalue weighted by atomic mass is 10.0. The van der Waals surface area contributed by atoms with E-state index in [1.165, 1.54) is 7.11 Å². The van der Waals surface area contributed by atoms with E-state index in [2.05, 4.69) is 5.32 Å². The number of hydrogen-bond acceptors (Lipinski definition) is 3. The standard InChI is InChI=1S/C20H23NO3/c1-14-9-11-19(24-3)17(13-14)18(22)10-12-20(23)21-15(2)16-7-5-4-6-8-16/h4-9,11,13,15H,10,12H2,1-3H3,(H,21,23). The number of hydrogen-bond donors (Lipinski definition) is 1. The Hall–Kier alpha value is -2.62. The third-order valence-corrected chi connectivity index (χ3v) is 3.91. The topological polar surface area (TPSA) is 55.4 Å². The van der Waals surface area contributed by atoms with Crippen LogP contribution in [0.1, 0.15) is 47.3 Å². The fraction of sp³-hybridized carbons (Fsp3) is 0.300. The highest BCUT2D eigenvalue weighted by Crippen LogP contribution is 2.22. The molecule has 1 amide bonds. The van der Waals surface area contributed by atoms with Gasteiger partial charge in [0.05, 0.1) is 18.7 Å². The molecule has 0 aromatic heterocycles. The molecule has 2 aromatic rings. The van der Waals surface area contributed by atoms with E-state index in [-0.39, 0.29) is 30.6 Å². The SMILES string of the molecule is COc1ccc(C)cc1C(=O)CCC(=O)NC(C)c1ccccc1. The van der Waals surface area contributed by atoms with Gasteiger partial charge in [-0.15, -0.1) is 0 Å². The normalized spacial score (nSPS) is 11.6. The molecule has 4 nitrogen and oxygen atoms in total. The summed E-state index contributed by atoms with van der Waals surface area (Å²) in [6.45, 7) is 3.85. The van der Waals surface area contributed by atoms with Gasteiger partial charge < -0.3 is 10.1 Å². The molecule has 0 spiro atoms. The van der Waals surface area contributed by atoms with Crippen molar-refractivity contribution in [2.75, 3.05) is 7.11 Å². The lowest BCUT2D eigenvalue weighted by Gasteiger charge is -2.14. The zero-order valence-electron chi connectivity index (χ0n) is 14.3. The number of rotatable bonds is 7. The van der Waals surface area contributed by atoms with Gasteiger partial charge in [-0.25, -0.2) is 0 Å². The number of benzene rings is 2. The Morgan fingerprint density at radius 1 is 1.08 bits per heavy atom. The smallest absolute Gasteiger partial charge is 0.220 e. The highest BCUT2D eigenvalue weighted by atomic mass is 16.5. The monoisotopic (exact) mass is 325 g/mol. The lowest BCUT2D eigenvalue weighted by Crippen LogP contribution is -2.26. The first-order chi connectivity index (χ1) is 11.5. The molecule has 1 atom stereocenters. The number of ether oxygens (including phenoxy) is 1. The molecule has 2 aromatic carbocycles. The number of ketones is 1. The largest absolute Gasteiger partial charge is 0.496 e. The maximum atomic E-state index is 12.4. The van der Waals surface area contributed by atoms with Crippen molar-refractivity contribution in [2.24, 2.45) is 0 Å². The quantitative estimate of drug-likeness (QED) is 0.787. The molecule has 0 aliphatic carbocycles. The van der Waals surface area contributed by atoms with E-state index >= 15 is 0 Å². The number of Topliss-reactive ketones (excluding diaryl/α,β-unsaturated/α-hetero) is 1. The molecule has 0 saturated carbocycles. The molecule has 0 aliphatic rings. The van der Waals surface area contributed by atoms with Crippen LogP contribution in [0.25, 0.3) is 0 Å². The minimum atomic E-state index is -0.133. The molecule has 126 valence electrons. The molecule has 0 aliphatic heterocycles. The summed E-state index contributed by atoms with van der Waals surface area (Å²) in [6.07, 6.45) is 0.320. The van der Waals surface area contributed by atoms with E-state index < -0.39 is 0 Å². The van der Waals surface area contributed by atoms with Crippen molar-refractivity contribution in [1.29, 1.82) is 0 Å². The second-order valence-corrected chi connectivity index (χ2v) is 5.83. The van der Waals surface area contributed by atoms with Crippen molar-refractivity contribution in [3.8, 4) is 5.75 Å². The van der Waals surface area contributed by atoms with Crippen LogP contribution in [0.4, 0.5) is 0 Å². The van der Waals surface area contributed by atoms with E-state index in [9.17, 15) is 9.59 Å². The predicted octanol–water partition coefficient (Wildman–Crippen LogP) is 3.84. The van der Waals surface area contributed by atoms with Gasteiger partial charge >= 0.3 is 0 Å². The molecular weight excluding hydrogens is 302 g/mol. The van der Waals surface area contributed by atoms with E-state index in [1.807, 2.05) is 50.2 Å². The van der Waals surface area contributed by atoms with Crippen molar-refractivity contribution in [1.82, 2.24) is 5.32 Å². The van der Waals surface area contributed by atoms with E-state index in [4.69, 9.17) is 4.74 Å². The van der Waals surface area contributed by atoms with Gasteiger partial charge in [0.15, 0.2) is 5.78 Å². The van der Waals surface area contributed by atoms with Gasteiger partial charge in [-0.3, -0.25) is 9.59 Å². The molecule has 1 unspecified atom stereocenters. The number of nitrogens with one attached hydrogen (secondary N) is 1. The number of aryl methyl sites for hydroxylation is 1. The number of carbonyl (C=O) groups excluding carboxylic acids is 2. The van der Waals surface area contributed by atoms with Crippen LogP contribution in [-0.2, 0) is 4.79 Å². The number of carbonyl (C=O) groups is 2. The van der Waals surface area contributed by atoms with Gasteiger partial charge in [0, 0.05) is 12.8 Å². The first-order valence-electron chi connectivity index (χ1n) is 8.03. The van der Waals surface area contributed by atoms with Crippen LogP contribution in [-0.4, -0.2) is 18.8 Å². The van der Waals surface area contributed by atoms with Crippen molar-refractivity contribution in [2.45, 2.75) is 32.7 Å². The molecule has 0 radical (unpaired) electrons. The van der Waals surface area contributed by atoms with Gasteiger partial charge in [0.1, 0.15) is 5.75 Å². The van der Waals surface area contributed by atoms with Gasteiger partial charge in [-0.2, -0.15) is 0 Å². The molecule has 0 fully saturated rings. The molecule has 0 bridgehead atoms. The van der Waals surface area contributed by atoms with E-state index in [1.54, 1.807) is 12.1 Å². The third-order valence-electron chi connectivity index (χ3n) is 3.91. The Bertz CT molecular complexity index is 710. The summed E-state index contributed by atoms with van der Waals surface area (Å²) in [6, 6.07) is 15.1. The van der Waals surface area contributed by atoms with Gasteiger partial charge in [0.2, 0.25) is 5.91 Å². The van der Waals surface area contributed by atoms with Crippen LogP contribution in [0.15, 0.2) is 48.5 Å². The van der Waals surface area contributed by atoms with Crippen molar-refractivity contribution < 1.29 is 14.3 Å². The second kappa shape index (κ2) is 8.29. The van der Waals surface area contributed by atoms with Crippen LogP contribution in [0.3, 0.4) is 0 Å². The summed E-state index contributed by atoms with van der Waals surface area (Å²) in [5.41, 5.74) is 2.56. The third kappa shape index (κ3) is 4.69. The highest BCUT2D eigenvalue weighted by Gasteiger charge is 2.15. The van der Waals surface area contributed by atoms with E-state index in [0.717, 1.165) is 11.1 Å². The molecule has 2 rings (SSSR count). The Morgan fingerprint density at radius 2 is 1.79 bits per heavy atom. The van der Waals surface area contributed by atoms with Crippen molar-refractivity contribution in [3.63, 3.8) is 0 Å². The van der Waals surface area contributed by atoms with Crippen molar-refractivity contribution in [3.05, 3.63) is 65.2 Å². The average molecular weight is 325 g/mol. The lowest BCUT2D eigenvalue weighted by molar-refractivity contribution is -0.121. The summed E-state index contributed by atoms with van der Waals surface area (Å²) in [4.78, 5) is 24.5. The maximum absolute atomic E-state index is 12.4. The minimum Gasteiger partial charge on any atom is -0.496 e. The Labute approximate surface area is 142 Å². The molecule has 1 N–H and O–H groups in total. The Kier molecular flexibility index (Phi) is 6.13. The van der Waals surface area contributed by atoms with Gasteiger partial charge in [-0.05, 0) is 31.5 Å². The van der Waals surface area contributed by atoms with Gasteiger partial charge in [-0.1, -0.05) is 42.0 Å². The number of amides is 1. The van der Waals surface area contributed by atoms with E-state index in [0.29, 0.717) is 11.3 Å². The zero-order valence-corrected chi connectivity index (χ0v) is 14.3. The molecular formula is C20H23NO3. The minimum absolute atomic E-state index is 0.0812. The fourth-order valence-corrected chi connectivity index (χ4v) is 2.54. The Morgan fingerprint density at radius 3 is 2.46 bits per heavy atom. The highest BCUT2D eigenvalue weighted by molar-refractivity contribution is 6.00. The van der Waals surface area contributed by atoms with Crippen molar-refractivity contribution >= 4 is 11.7 Å². The van der Waals surface area contributed by atoms with Crippen LogP contribution in [0.2, 0.25) is 0 Å². The summed E-state index contributed by atoms with van der Waals surface area (Å²) in [5.74, 6) is 0.327. The molecule has 0 saturated heterocycles. The first kappa shape index (κ1) is 17.7. The summed E-state index contributed by atoms with van der Waals surface area (Å²) < 4.78 is 5.23. The van der Waals surface area contributed by atoms with Crippen LogP contribution in [0.5, 0.6) is 5.75 Å². The summed E-state index contributed by atoms with van der Waals surface area (Å²) in [5, 5.41) is 2.92. The maximum Gasteiger partial charge on any atom is 0.220 e. The average Bonchev–Trinajstić information content (AvgIpc) is 2.60. The number of methoxy groups -OCH3 is 1. The first-order valence-corrected chi connectivity index (χ1v) is 8.03. The second-order valence-electron chi connectivity index (χ2n) is 5.83. The molecule has 4 heteroatoms. The summed E-state index contributed by atoms with van der Waals surface area (Å²) >= 11 is 0. The zero-order chi connectivity index (χ0) is 17.5. The van der Waals surface area contributed by atoms with Gasteiger partial charge in [0.25, 0.3) is 0 Å². The summed E-state index contributed by atoms with van der Waals surface area (Å²) in [7, 11) is 1.54. The van der Waals surface area contributed by atoms with Crippen LogP contribution < -0.4 is 10.1 Å². The predicted molar refractivity (Wildman–Crippen MR) is 94.3 cm³/mol. The Balaban J connectivity index is 1.92. The molecule has 24 heavy (non-hydrogen) atoms. The molecule has 0 heterocycles.